The van der Waals surface area contributed by atoms with Gasteiger partial charge in [-0.25, -0.2) is 0 Å². The molecule has 1 unspecified atom stereocenters. The Labute approximate surface area is 130 Å². The Morgan fingerprint density at radius 3 is 2.29 bits per heavy atom. The summed E-state index contributed by atoms with van der Waals surface area (Å²) >= 11 is 6.05. The number of ether oxygens (including phenoxy) is 2. The highest BCUT2D eigenvalue weighted by atomic mass is 35.5. The third kappa shape index (κ3) is 3.31. The molecule has 0 aromatic heterocycles. The first-order chi connectivity index (χ1) is 10.1. The number of hydrogen-bond acceptors (Lipinski definition) is 3. The van der Waals surface area contributed by atoms with E-state index in [0.717, 1.165) is 22.6 Å². The van der Waals surface area contributed by atoms with Crippen molar-refractivity contribution in [2.24, 2.45) is 0 Å². The summed E-state index contributed by atoms with van der Waals surface area (Å²) in [6.45, 7) is 2.06. The van der Waals surface area contributed by atoms with Crippen LogP contribution in [0.25, 0.3) is 0 Å². The number of halogens is 1. The molecule has 0 fully saturated rings. The molecule has 0 heterocycles. The highest BCUT2D eigenvalue weighted by Crippen LogP contribution is 2.36. The van der Waals surface area contributed by atoms with Gasteiger partial charge >= 0.3 is 0 Å². The van der Waals surface area contributed by atoms with Crippen molar-refractivity contribution in [3.8, 4) is 11.5 Å². The number of hydrogen-bond donors (Lipinski definition) is 1. The van der Waals surface area contributed by atoms with Gasteiger partial charge in [0, 0.05) is 16.1 Å². The van der Waals surface area contributed by atoms with Gasteiger partial charge in [0.05, 0.1) is 20.3 Å². The van der Waals surface area contributed by atoms with Gasteiger partial charge in [0.25, 0.3) is 0 Å². The molecule has 21 heavy (non-hydrogen) atoms. The quantitative estimate of drug-likeness (QED) is 0.906. The van der Waals surface area contributed by atoms with Crippen LogP contribution in [-0.4, -0.2) is 21.3 Å². The van der Waals surface area contributed by atoms with Crippen molar-refractivity contribution in [2.45, 2.75) is 13.0 Å². The molecule has 1 N–H and O–H groups in total. The van der Waals surface area contributed by atoms with E-state index in [1.54, 1.807) is 14.2 Å². The van der Waals surface area contributed by atoms with Crippen LogP contribution in [0.3, 0.4) is 0 Å². The molecule has 0 spiro atoms. The van der Waals surface area contributed by atoms with Gasteiger partial charge in [-0.3, -0.25) is 0 Å². The monoisotopic (exact) mass is 305 g/mol. The molecule has 0 aliphatic heterocycles. The van der Waals surface area contributed by atoms with Crippen LogP contribution < -0.4 is 14.8 Å². The molecule has 0 amide bonds. The molecule has 2 aromatic rings. The van der Waals surface area contributed by atoms with E-state index in [-0.39, 0.29) is 6.04 Å². The Kier molecular flexibility index (Phi) is 5.10. The molecular weight excluding hydrogens is 286 g/mol. The third-order valence-corrected chi connectivity index (χ3v) is 3.73. The predicted molar refractivity (Wildman–Crippen MR) is 86.6 cm³/mol. The number of rotatable bonds is 5. The zero-order valence-corrected chi connectivity index (χ0v) is 13.5. The fraction of sp³-hybridized carbons (Fsp3) is 0.294. The summed E-state index contributed by atoms with van der Waals surface area (Å²) in [5.74, 6) is 1.60. The molecular formula is C17H20ClNO2. The molecule has 0 radical (unpaired) electrons. The van der Waals surface area contributed by atoms with Crippen LogP contribution in [0.4, 0.5) is 0 Å². The summed E-state index contributed by atoms with van der Waals surface area (Å²) < 4.78 is 11.0. The van der Waals surface area contributed by atoms with Crippen molar-refractivity contribution in [2.75, 3.05) is 21.3 Å². The summed E-state index contributed by atoms with van der Waals surface area (Å²) in [4.78, 5) is 0. The molecule has 0 aliphatic carbocycles. The van der Waals surface area contributed by atoms with Crippen LogP contribution in [0.5, 0.6) is 11.5 Å². The van der Waals surface area contributed by atoms with Crippen molar-refractivity contribution in [1.82, 2.24) is 5.32 Å². The van der Waals surface area contributed by atoms with Gasteiger partial charge in [-0.15, -0.1) is 0 Å². The van der Waals surface area contributed by atoms with E-state index in [1.807, 2.05) is 37.4 Å². The molecule has 0 bridgehead atoms. The summed E-state index contributed by atoms with van der Waals surface area (Å²) in [6.07, 6.45) is 0. The van der Waals surface area contributed by atoms with E-state index in [1.165, 1.54) is 5.56 Å². The lowest BCUT2D eigenvalue weighted by Gasteiger charge is -2.22. The van der Waals surface area contributed by atoms with Crippen molar-refractivity contribution >= 4 is 11.6 Å². The number of nitrogens with one attached hydrogen (secondary N) is 1. The Balaban J connectivity index is 2.57. The van der Waals surface area contributed by atoms with Crippen molar-refractivity contribution in [3.63, 3.8) is 0 Å². The third-order valence-electron chi connectivity index (χ3n) is 3.49. The van der Waals surface area contributed by atoms with Crippen LogP contribution >= 0.6 is 11.6 Å². The second-order valence-electron chi connectivity index (χ2n) is 4.85. The lowest BCUT2D eigenvalue weighted by molar-refractivity contribution is 0.396. The van der Waals surface area contributed by atoms with E-state index >= 15 is 0 Å². The van der Waals surface area contributed by atoms with E-state index in [9.17, 15) is 0 Å². The second kappa shape index (κ2) is 6.83. The lowest BCUT2D eigenvalue weighted by atomic mass is 9.95. The first-order valence-corrected chi connectivity index (χ1v) is 7.13. The number of benzene rings is 2. The second-order valence-corrected chi connectivity index (χ2v) is 5.29. The van der Waals surface area contributed by atoms with Crippen LogP contribution in [0, 0.1) is 6.92 Å². The molecule has 0 saturated heterocycles. The number of methoxy groups -OCH3 is 2. The highest BCUT2D eigenvalue weighted by Gasteiger charge is 2.20. The molecule has 2 rings (SSSR count). The standard InChI is InChI=1S/C17H20ClNO2/c1-11-5-8-15(20-3)14(9-11)17(19-2)13-7-6-12(18)10-16(13)21-4/h5-10,17,19H,1-4H3. The predicted octanol–water partition coefficient (Wildman–Crippen LogP) is 3.97. The largest absolute Gasteiger partial charge is 0.496 e. The molecule has 2 aromatic carbocycles. The maximum absolute atomic E-state index is 6.05. The minimum Gasteiger partial charge on any atom is -0.496 e. The van der Waals surface area contributed by atoms with Crippen LogP contribution in [0.2, 0.25) is 5.02 Å². The van der Waals surface area contributed by atoms with E-state index in [4.69, 9.17) is 21.1 Å². The van der Waals surface area contributed by atoms with Gasteiger partial charge in [0.2, 0.25) is 0 Å². The SMILES string of the molecule is CNC(c1ccc(Cl)cc1OC)c1cc(C)ccc1OC. The van der Waals surface area contributed by atoms with Gasteiger partial charge in [0.15, 0.2) is 0 Å². The Morgan fingerprint density at radius 2 is 1.67 bits per heavy atom. The van der Waals surface area contributed by atoms with Crippen molar-refractivity contribution < 1.29 is 9.47 Å². The average molecular weight is 306 g/mol. The maximum atomic E-state index is 6.05. The summed E-state index contributed by atoms with van der Waals surface area (Å²) in [5.41, 5.74) is 3.27. The Bertz CT molecular complexity index is 628. The minimum atomic E-state index is -0.0351. The van der Waals surface area contributed by atoms with Gasteiger partial charge in [-0.1, -0.05) is 35.4 Å². The van der Waals surface area contributed by atoms with Gasteiger partial charge in [-0.2, -0.15) is 0 Å². The van der Waals surface area contributed by atoms with Gasteiger partial charge in [0.1, 0.15) is 11.5 Å². The van der Waals surface area contributed by atoms with Gasteiger partial charge < -0.3 is 14.8 Å². The van der Waals surface area contributed by atoms with Crippen molar-refractivity contribution in [3.05, 3.63) is 58.1 Å². The van der Waals surface area contributed by atoms with Crippen molar-refractivity contribution in [1.29, 1.82) is 0 Å². The summed E-state index contributed by atoms with van der Waals surface area (Å²) in [7, 11) is 5.25. The molecule has 0 aliphatic rings. The van der Waals surface area contributed by atoms with Crippen LogP contribution in [0.1, 0.15) is 22.7 Å². The molecule has 0 saturated carbocycles. The van der Waals surface area contributed by atoms with E-state index in [2.05, 4.69) is 18.3 Å². The minimum absolute atomic E-state index is 0.0351. The lowest BCUT2D eigenvalue weighted by Crippen LogP contribution is -2.19. The smallest absolute Gasteiger partial charge is 0.125 e. The zero-order valence-electron chi connectivity index (χ0n) is 12.7. The maximum Gasteiger partial charge on any atom is 0.125 e. The topological polar surface area (TPSA) is 30.5 Å². The Morgan fingerprint density at radius 1 is 0.952 bits per heavy atom. The Hall–Kier alpha value is -1.71. The van der Waals surface area contributed by atoms with Crippen LogP contribution in [0.15, 0.2) is 36.4 Å². The molecule has 4 heteroatoms. The van der Waals surface area contributed by atoms with Gasteiger partial charge in [-0.05, 0) is 32.2 Å². The average Bonchev–Trinajstić information content (AvgIpc) is 2.49. The molecule has 1 atom stereocenters. The highest BCUT2D eigenvalue weighted by molar-refractivity contribution is 6.30. The summed E-state index contributed by atoms with van der Waals surface area (Å²) in [5, 5.41) is 3.98. The fourth-order valence-corrected chi connectivity index (χ4v) is 2.64. The van der Waals surface area contributed by atoms with E-state index in [0.29, 0.717) is 5.02 Å². The van der Waals surface area contributed by atoms with E-state index < -0.39 is 0 Å². The molecule has 112 valence electrons. The summed E-state index contributed by atoms with van der Waals surface area (Å²) in [6, 6.07) is 11.8. The zero-order chi connectivity index (χ0) is 15.4. The first kappa shape index (κ1) is 15.7. The molecule has 3 nitrogen and oxygen atoms in total. The first-order valence-electron chi connectivity index (χ1n) is 6.76. The number of aryl methyl sites for hydroxylation is 1. The normalized spacial score (nSPS) is 12.0. The van der Waals surface area contributed by atoms with Crippen LogP contribution in [-0.2, 0) is 0 Å². The fourth-order valence-electron chi connectivity index (χ4n) is 2.48.